The third kappa shape index (κ3) is 3.97. The molecule has 2 aromatic carbocycles. The normalized spacial score (nSPS) is 11.9. The Hall–Kier alpha value is -3.21. The molecule has 5 nitrogen and oxygen atoms in total. The average Bonchev–Trinajstić information content (AvgIpc) is 2.65. The quantitative estimate of drug-likeness (QED) is 0.763. The van der Waals surface area contributed by atoms with Crippen LogP contribution in [0.5, 0.6) is 0 Å². The molecule has 1 heterocycles. The zero-order valence-electron chi connectivity index (χ0n) is 16.0. The van der Waals surface area contributed by atoms with Crippen molar-refractivity contribution in [3.63, 3.8) is 0 Å². The van der Waals surface area contributed by atoms with E-state index in [-0.39, 0.29) is 11.5 Å². The minimum atomic E-state index is -0.735. The molecule has 3 aromatic rings. The van der Waals surface area contributed by atoms with Gasteiger partial charge in [-0.15, -0.1) is 0 Å². The lowest BCUT2D eigenvalue weighted by molar-refractivity contribution is -0.119. The molecule has 0 aliphatic carbocycles. The summed E-state index contributed by atoms with van der Waals surface area (Å²) in [6.45, 7) is 7.62. The number of nitrogens with zero attached hydrogens (tertiary/aromatic N) is 2. The number of rotatable bonds is 4. The van der Waals surface area contributed by atoms with Crippen LogP contribution in [0.4, 0.5) is 5.69 Å². The van der Waals surface area contributed by atoms with Crippen molar-refractivity contribution in [2.75, 3.05) is 5.32 Å². The number of aromatic nitrogens is 2. The molecule has 1 atom stereocenters. The fourth-order valence-electron chi connectivity index (χ4n) is 3.18. The fourth-order valence-corrected chi connectivity index (χ4v) is 3.18. The van der Waals surface area contributed by atoms with Gasteiger partial charge in [-0.3, -0.25) is 9.59 Å². The van der Waals surface area contributed by atoms with E-state index in [1.54, 1.807) is 13.0 Å². The predicted octanol–water partition coefficient (Wildman–Crippen LogP) is 4.04. The topological polar surface area (TPSA) is 64.0 Å². The first-order chi connectivity index (χ1) is 12.9. The zero-order chi connectivity index (χ0) is 19.6. The SMILES string of the molecule is Cc1cc(C)c(NC(=O)C(C)n2nc(-c3ccccc3)ccc2=O)c(C)c1. The lowest BCUT2D eigenvalue weighted by Crippen LogP contribution is -2.33. The van der Waals surface area contributed by atoms with Crippen molar-refractivity contribution < 1.29 is 4.79 Å². The van der Waals surface area contributed by atoms with Gasteiger partial charge in [0.2, 0.25) is 5.91 Å². The standard InChI is InChI=1S/C22H23N3O2/c1-14-12-15(2)21(16(3)13-14)23-22(27)17(4)25-20(26)11-10-19(24-25)18-8-6-5-7-9-18/h5-13,17H,1-4H3,(H,23,27). The number of nitrogens with one attached hydrogen (secondary N) is 1. The monoisotopic (exact) mass is 361 g/mol. The third-order valence-corrected chi connectivity index (χ3v) is 4.57. The van der Waals surface area contributed by atoms with Crippen LogP contribution in [0.1, 0.15) is 29.7 Å². The third-order valence-electron chi connectivity index (χ3n) is 4.57. The Kier molecular flexibility index (Phi) is 5.21. The van der Waals surface area contributed by atoms with Gasteiger partial charge in [-0.1, -0.05) is 48.0 Å². The second-order valence-corrected chi connectivity index (χ2v) is 6.81. The van der Waals surface area contributed by atoms with Crippen LogP contribution in [0.3, 0.4) is 0 Å². The maximum absolute atomic E-state index is 12.8. The van der Waals surface area contributed by atoms with E-state index in [4.69, 9.17) is 0 Å². The molecule has 1 amide bonds. The summed E-state index contributed by atoms with van der Waals surface area (Å²) in [6, 6.07) is 16.0. The lowest BCUT2D eigenvalue weighted by Gasteiger charge is -2.18. The predicted molar refractivity (Wildman–Crippen MR) is 108 cm³/mol. The summed E-state index contributed by atoms with van der Waals surface area (Å²) in [7, 11) is 0. The van der Waals surface area contributed by atoms with Gasteiger partial charge in [0.05, 0.1) is 5.69 Å². The van der Waals surface area contributed by atoms with E-state index < -0.39 is 6.04 Å². The minimum absolute atomic E-state index is 0.273. The van der Waals surface area contributed by atoms with E-state index in [0.717, 1.165) is 27.9 Å². The number of benzene rings is 2. The largest absolute Gasteiger partial charge is 0.324 e. The molecule has 138 valence electrons. The van der Waals surface area contributed by atoms with Gasteiger partial charge >= 0.3 is 0 Å². The number of aryl methyl sites for hydroxylation is 3. The molecule has 0 spiro atoms. The van der Waals surface area contributed by atoms with Crippen LogP contribution in [0, 0.1) is 20.8 Å². The van der Waals surface area contributed by atoms with Crippen molar-refractivity contribution in [2.45, 2.75) is 33.7 Å². The maximum Gasteiger partial charge on any atom is 0.267 e. The van der Waals surface area contributed by atoms with Gasteiger partial charge in [-0.25, -0.2) is 4.68 Å². The Bertz CT molecular complexity index is 1020. The summed E-state index contributed by atoms with van der Waals surface area (Å²) in [6.07, 6.45) is 0. The summed E-state index contributed by atoms with van der Waals surface area (Å²) < 4.78 is 1.23. The first kappa shape index (κ1) is 18.6. The van der Waals surface area contributed by atoms with Crippen LogP contribution < -0.4 is 10.9 Å². The lowest BCUT2D eigenvalue weighted by atomic mass is 10.0. The van der Waals surface area contributed by atoms with Crippen molar-refractivity contribution >= 4 is 11.6 Å². The van der Waals surface area contributed by atoms with E-state index in [9.17, 15) is 9.59 Å². The van der Waals surface area contributed by atoms with Gasteiger partial charge in [0.1, 0.15) is 6.04 Å². The molecule has 1 N–H and O–H groups in total. The second kappa shape index (κ2) is 7.58. The van der Waals surface area contributed by atoms with Crippen LogP contribution in [-0.2, 0) is 4.79 Å². The highest BCUT2D eigenvalue weighted by molar-refractivity contribution is 5.94. The van der Waals surface area contributed by atoms with Gasteiger partial charge in [-0.05, 0) is 44.9 Å². The molecule has 0 aliphatic heterocycles. The van der Waals surface area contributed by atoms with Crippen molar-refractivity contribution in [1.82, 2.24) is 9.78 Å². The number of carbonyl (C=O) groups excluding carboxylic acids is 1. The van der Waals surface area contributed by atoms with Crippen LogP contribution in [0.25, 0.3) is 11.3 Å². The molecule has 3 rings (SSSR count). The molecule has 0 saturated carbocycles. The highest BCUT2D eigenvalue weighted by Gasteiger charge is 2.19. The second-order valence-electron chi connectivity index (χ2n) is 6.81. The molecule has 1 aromatic heterocycles. The van der Waals surface area contributed by atoms with E-state index in [1.807, 2.05) is 63.2 Å². The summed E-state index contributed by atoms with van der Waals surface area (Å²) in [5.41, 5.74) is 5.14. The van der Waals surface area contributed by atoms with Crippen LogP contribution in [0.15, 0.2) is 59.4 Å². The summed E-state index contributed by atoms with van der Waals surface area (Å²) in [5, 5.41) is 7.36. The Labute approximate surface area is 158 Å². The molecule has 5 heteroatoms. The van der Waals surface area contributed by atoms with Crippen LogP contribution in [0.2, 0.25) is 0 Å². The molecule has 0 bridgehead atoms. The summed E-state index contributed by atoms with van der Waals surface area (Å²) >= 11 is 0. The Morgan fingerprint density at radius 3 is 2.26 bits per heavy atom. The van der Waals surface area contributed by atoms with Gasteiger partial charge in [0.25, 0.3) is 5.56 Å². The van der Waals surface area contributed by atoms with E-state index >= 15 is 0 Å². The number of carbonyl (C=O) groups is 1. The zero-order valence-corrected chi connectivity index (χ0v) is 16.0. The first-order valence-corrected chi connectivity index (χ1v) is 8.91. The van der Waals surface area contributed by atoms with Crippen molar-refractivity contribution in [3.8, 4) is 11.3 Å². The van der Waals surface area contributed by atoms with Gasteiger partial charge in [-0.2, -0.15) is 5.10 Å². The molecule has 0 fully saturated rings. The van der Waals surface area contributed by atoms with Gasteiger partial charge < -0.3 is 5.32 Å². The van der Waals surface area contributed by atoms with Crippen molar-refractivity contribution in [2.24, 2.45) is 0 Å². The van der Waals surface area contributed by atoms with Crippen LogP contribution in [-0.4, -0.2) is 15.7 Å². The molecule has 0 aliphatic rings. The van der Waals surface area contributed by atoms with Gasteiger partial charge in [0.15, 0.2) is 0 Å². The molecular weight excluding hydrogens is 338 g/mol. The van der Waals surface area contributed by atoms with E-state index in [0.29, 0.717) is 5.69 Å². The highest BCUT2D eigenvalue weighted by Crippen LogP contribution is 2.23. The fraction of sp³-hybridized carbons (Fsp3) is 0.227. The van der Waals surface area contributed by atoms with E-state index in [1.165, 1.54) is 10.7 Å². The Morgan fingerprint density at radius 2 is 1.63 bits per heavy atom. The molecule has 0 saturated heterocycles. The number of amides is 1. The Balaban J connectivity index is 1.91. The Morgan fingerprint density at radius 1 is 1.00 bits per heavy atom. The summed E-state index contributed by atoms with van der Waals surface area (Å²) in [5.74, 6) is -0.273. The van der Waals surface area contributed by atoms with E-state index in [2.05, 4.69) is 10.4 Å². The van der Waals surface area contributed by atoms with Crippen LogP contribution >= 0.6 is 0 Å². The van der Waals surface area contributed by atoms with Gasteiger partial charge in [0, 0.05) is 17.3 Å². The highest BCUT2D eigenvalue weighted by atomic mass is 16.2. The average molecular weight is 361 g/mol. The number of anilines is 1. The molecule has 1 unspecified atom stereocenters. The smallest absolute Gasteiger partial charge is 0.267 e. The number of hydrogen-bond donors (Lipinski definition) is 1. The molecule has 0 radical (unpaired) electrons. The maximum atomic E-state index is 12.8. The first-order valence-electron chi connectivity index (χ1n) is 8.91. The van der Waals surface area contributed by atoms with Crippen molar-refractivity contribution in [1.29, 1.82) is 0 Å². The molecular formula is C22H23N3O2. The minimum Gasteiger partial charge on any atom is -0.324 e. The summed E-state index contributed by atoms with van der Waals surface area (Å²) in [4.78, 5) is 25.1. The van der Waals surface area contributed by atoms with Crippen molar-refractivity contribution in [3.05, 3.63) is 81.6 Å². The molecule has 27 heavy (non-hydrogen) atoms. The number of hydrogen-bond acceptors (Lipinski definition) is 3.